The lowest BCUT2D eigenvalue weighted by Crippen LogP contribution is -2.12. The van der Waals surface area contributed by atoms with E-state index in [0.29, 0.717) is 0 Å². The molecular formula is C12H13O5. The maximum absolute atomic E-state index is 11.5. The summed E-state index contributed by atoms with van der Waals surface area (Å²) in [5, 5.41) is 0. The number of carbonyl (C=O) groups is 2. The predicted molar refractivity (Wildman–Crippen MR) is 59.5 cm³/mol. The molecule has 0 bridgehead atoms. The maximum Gasteiger partial charge on any atom is 0.514 e. The third-order valence-corrected chi connectivity index (χ3v) is 1.79. The van der Waals surface area contributed by atoms with Gasteiger partial charge in [0.05, 0.1) is 6.61 Å². The van der Waals surface area contributed by atoms with Crippen molar-refractivity contribution in [3.05, 3.63) is 36.4 Å². The number of ether oxygens (including phenoxy) is 3. The first kappa shape index (κ1) is 13.0. The highest BCUT2D eigenvalue weighted by Crippen LogP contribution is 2.19. The van der Waals surface area contributed by atoms with Crippen molar-refractivity contribution in [2.45, 2.75) is 13.8 Å². The number of rotatable bonds is 4. The van der Waals surface area contributed by atoms with Gasteiger partial charge in [-0.15, -0.1) is 0 Å². The minimum absolute atomic E-state index is 0.109. The molecular weight excluding hydrogens is 224 g/mol. The minimum atomic E-state index is -0.899. The van der Waals surface area contributed by atoms with E-state index in [2.05, 4.69) is 4.74 Å². The lowest BCUT2D eigenvalue weighted by atomic mass is 10.2. The summed E-state index contributed by atoms with van der Waals surface area (Å²) in [4.78, 5) is 22.7. The molecule has 0 aliphatic rings. The van der Waals surface area contributed by atoms with Crippen molar-refractivity contribution in [1.82, 2.24) is 0 Å². The SMILES string of the molecule is C[CH]OC(=O)Oc1ccccc1C(=O)OCC. The van der Waals surface area contributed by atoms with Gasteiger partial charge >= 0.3 is 12.1 Å². The normalized spacial score (nSPS) is 9.53. The third-order valence-electron chi connectivity index (χ3n) is 1.79. The van der Waals surface area contributed by atoms with E-state index in [1.54, 1.807) is 26.0 Å². The molecule has 1 aromatic rings. The zero-order chi connectivity index (χ0) is 12.7. The van der Waals surface area contributed by atoms with Crippen LogP contribution >= 0.6 is 0 Å². The molecule has 0 aliphatic carbocycles. The summed E-state index contributed by atoms with van der Waals surface area (Å²) in [5.41, 5.74) is 0.183. The Kier molecular flexibility index (Phi) is 5.00. The van der Waals surface area contributed by atoms with E-state index in [1.807, 2.05) is 0 Å². The van der Waals surface area contributed by atoms with Gasteiger partial charge in [-0.05, 0) is 26.0 Å². The largest absolute Gasteiger partial charge is 0.514 e. The molecule has 0 saturated heterocycles. The molecule has 1 aromatic carbocycles. The van der Waals surface area contributed by atoms with Crippen molar-refractivity contribution < 1.29 is 23.8 Å². The molecule has 0 aromatic heterocycles. The van der Waals surface area contributed by atoms with Crippen LogP contribution in [0.15, 0.2) is 24.3 Å². The van der Waals surface area contributed by atoms with Crippen LogP contribution in [0.4, 0.5) is 4.79 Å². The van der Waals surface area contributed by atoms with Crippen LogP contribution in [0.2, 0.25) is 0 Å². The van der Waals surface area contributed by atoms with Crippen LogP contribution in [-0.4, -0.2) is 18.7 Å². The topological polar surface area (TPSA) is 61.8 Å². The average molecular weight is 237 g/mol. The number of para-hydroxylation sites is 1. The van der Waals surface area contributed by atoms with Crippen molar-refractivity contribution in [3.63, 3.8) is 0 Å². The first-order chi connectivity index (χ1) is 8.19. The highest BCUT2D eigenvalue weighted by molar-refractivity contribution is 5.93. The fourth-order valence-electron chi connectivity index (χ4n) is 1.14. The van der Waals surface area contributed by atoms with Gasteiger partial charge in [-0.25, -0.2) is 9.59 Å². The summed E-state index contributed by atoms with van der Waals surface area (Å²) in [6, 6.07) is 6.29. The Balaban J connectivity index is 2.84. The molecule has 0 spiro atoms. The van der Waals surface area contributed by atoms with Crippen molar-refractivity contribution >= 4 is 12.1 Å². The van der Waals surface area contributed by atoms with Crippen molar-refractivity contribution in [2.24, 2.45) is 0 Å². The van der Waals surface area contributed by atoms with Gasteiger partial charge in [0.2, 0.25) is 0 Å². The summed E-state index contributed by atoms with van der Waals surface area (Å²) in [6.45, 7) is 4.68. The number of esters is 1. The Morgan fingerprint density at radius 1 is 1.29 bits per heavy atom. The zero-order valence-electron chi connectivity index (χ0n) is 9.64. The Hall–Kier alpha value is -2.04. The number of benzene rings is 1. The van der Waals surface area contributed by atoms with Gasteiger partial charge in [0, 0.05) is 0 Å². The van der Waals surface area contributed by atoms with Gasteiger partial charge in [-0.3, -0.25) is 0 Å². The summed E-state index contributed by atoms with van der Waals surface area (Å²) >= 11 is 0. The summed E-state index contributed by atoms with van der Waals surface area (Å²) in [7, 11) is 0. The van der Waals surface area contributed by atoms with Gasteiger partial charge in [-0.2, -0.15) is 0 Å². The molecule has 5 nitrogen and oxygen atoms in total. The number of hydrogen-bond acceptors (Lipinski definition) is 5. The molecule has 0 saturated carbocycles. The van der Waals surface area contributed by atoms with Crippen LogP contribution in [0.1, 0.15) is 24.2 Å². The number of carbonyl (C=O) groups excluding carboxylic acids is 2. The second-order valence-electron chi connectivity index (χ2n) is 2.92. The minimum Gasteiger partial charge on any atom is -0.462 e. The molecule has 0 amide bonds. The third kappa shape index (κ3) is 3.79. The molecule has 0 aliphatic heterocycles. The molecule has 0 heterocycles. The Morgan fingerprint density at radius 2 is 2.00 bits per heavy atom. The smallest absolute Gasteiger partial charge is 0.462 e. The van der Waals surface area contributed by atoms with Crippen molar-refractivity contribution in [1.29, 1.82) is 0 Å². The van der Waals surface area contributed by atoms with E-state index in [-0.39, 0.29) is 17.9 Å². The lowest BCUT2D eigenvalue weighted by Gasteiger charge is -2.08. The van der Waals surface area contributed by atoms with Crippen LogP contribution in [0.25, 0.3) is 0 Å². The average Bonchev–Trinajstić information content (AvgIpc) is 2.30. The van der Waals surface area contributed by atoms with Crippen LogP contribution in [-0.2, 0) is 9.47 Å². The van der Waals surface area contributed by atoms with Crippen molar-refractivity contribution in [3.8, 4) is 5.75 Å². The summed E-state index contributed by atoms with van der Waals surface area (Å²) in [5.74, 6) is -0.436. The molecule has 5 heteroatoms. The van der Waals surface area contributed by atoms with Crippen molar-refractivity contribution in [2.75, 3.05) is 6.61 Å². The molecule has 1 rings (SSSR count). The van der Waals surface area contributed by atoms with E-state index in [0.717, 1.165) is 0 Å². The molecule has 17 heavy (non-hydrogen) atoms. The molecule has 91 valence electrons. The Bertz CT molecular complexity index is 400. The molecule has 0 atom stereocenters. The highest BCUT2D eigenvalue weighted by Gasteiger charge is 2.16. The number of hydrogen-bond donors (Lipinski definition) is 0. The highest BCUT2D eigenvalue weighted by atomic mass is 16.7. The molecule has 0 unspecified atom stereocenters. The summed E-state index contributed by atoms with van der Waals surface area (Å²) in [6.07, 6.45) is -0.899. The fourth-order valence-corrected chi connectivity index (χ4v) is 1.14. The van der Waals surface area contributed by atoms with E-state index in [9.17, 15) is 9.59 Å². The molecule has 1 radical (unpaired) electrons. The van der Waals surface area contributed by atoms with Gasteiger partial charge in [0.1, 0.15) is 17.9 Å². The van der Waals surface area contributed by atoms with Gasteiger partial charge in [0.15, 0.2) is 0 Å². The van der Waals surface area contributed by atoms with Gasteiger partial charge in [0.25, 0.3) is 0 Å². The molecule has 0 N–H and O–H groups in total. The first-order valence-corrected chi connectivity index (χ1v) is 5.11. The van der Waals surface area contributed by atoms with Crippen LogP contribution in [0.3, 0.4) is 0 Å². The predicted octanol–water partition coefficient (Wildman–Crippen LogP) is 2.56. The van der Waals surface area contributed by atoms with Gasteiger partial charge < -0.3 is 14.2 Å². The quantitative estimate of drug-likeness (QED) is 0.595. The van der Waals surface area contributed by atoms with E-state index < -0.39 is 12.1 Å². The summed E-state index contributed by atoms with van der Waals surface area (Å²) < 4.78 is 14.2. The van der Waals surface area contributed by atoms with Crippen LogP contribution in [0, 0.1) is 6.61 Å². The lowest BCUT2D eigenvalue weighted by molar-refractivity contribution is 0.0522. The van der Waals surface area contributed by atoms with Crippen LogP contribution < -0.4 is 4.74 Å². The van der Waals surface area contributed by atoms with E-state index in [1.165, 1.54) is 18.7 Å². The van der Waals surface area contributed by atoms with E-state index in [4.69, 9.17) is 9.47 Å². The standard InChI is InChI=1S/C12H13O5/c1-3-15-11(13)9-7-5-6-8-10(9)17-12(14)16-4-2/h4-8H,3H2,1-2H3. The van der Waals surface area contributed by atoms with E-state index >= 15 is 0 Å². The maximum atomic E-state index is 11.5. The first-order valence-electron chi connectivity index (χ1n) is 5.11. The van der Waals surface area contributed by atoms with Gasteiger partial charge in [-0.1, -0.05) is 12.1 Å². The second-order valence-corrected chi connectivity index (χ2v) is 2.92. The Labute approximate surface area is 99.3 Å². The monoisotopic (exact) mass is 237 g/mol. The Morgan fingerprint density at radius 3 is 2.65 bits per heavy atom. The van der Waals surface area contributed by atoms with Crippen LogP contribution in [0.5, 0.6) is 5.75 Å². The second kappa shape index (κ2) is 6.52. The fraction of sp³-hybridized carbons (Fsp3) is 0.250. The molecule has 0 fully saturated rings. The zero-order valence-corrected chi connectivity index (χ0v) is 9.64.